The molecule has 1 heterocycles. The Morgan fingerprint density at radius 3 is 2.44 bits per heavy atom. The molecule has 1 saturated heterocycles. The molecule has 1 fully saturated rings. The summed E-state index contributed by atoms with van der Waals surface area (Å²) in [5.41, 5.74) is 5.53. The van der Waals surface area contributed by atoms with Gasteiger partial charge in [-0.3, -0.25) is 19.7 Å². The number of nitro benzene ring substituents is 1. The van der Waals surface area contributed by atoms with Crippen LogP contribution in [0.15, 0.2) is 42.5 Å². The summed E-state index contributed by atoms with van der Waals surface area (Å²) in [6.07, 6.45) is -0.164. The molecule has 0 saturated carbocycles. The zero-order chi connectivity index (χ0) is 24.7. The lowest BCUT2D eigenvalue weighted by molar-refractivity contribution is -0.384. The molecule has 0 bridgehead atoms. The van der Waals surface area contributed by atoms with Crippen molar-refractivity contribution in [1.82, 2.24) is 0 Å². The number of primary amides is 1. The first kappa shape index (κ1) is 24.6. The van der Waals surface area contributed by atoms with Crippen molar-refractivity contribution in [2.75, 3.05) is 49.3 Å². The first-order chi connectivity index (χ1) is 16.3. The molecular formula is C22H23FN4O7. The second-order valence-corrected chi connectivity index (χ2v) is 7.37. The minimum absolute atomic E-state index is 0.0608. The van der Waals surface area contributed by atoms with Crippen LogP contribution >= 0.6 is 0 Å². The van der Waals surface area contributed by atoms with Crippen molar-refractivity contribution in [2.45, 2.75) is 6.42 Å². The lowest BCUT2D eigenvalue weighted by atomic mass is 10.1. The van der Waals surface area contributed by atoms with Crippen LogP contribution in [0, 0.1) is 15.9 Å². The number of halogens is 1. The van der Waals surface area contributed by atoms with Gasteiger partial charge in [0, 0.05) is 43.9 Å². The number of morpholine rings is 1. The van der Waals surface area contributed by atoms with Gasteiger partial charge in [0.15, 0.2) is 6.61 Å². The summed E-state index contributed by atoms with van der Waals surface area (Å²) in [7, 11) is 0. The monoisotopic (exact) mass is 474 g/mol. The van der Waals surface area contributed by atoms with E-state index < -0.39 is 35.1 Å². The first-order valence-corrected chi connectivity index (χ1v) is 10.4. The van der Waals surface area contributed by atoms with Gasteiger partial charge in [0.05, 0.1) is 29.4 Å². The van der Waals surface area contributed by atoms with Crippen molar-refractivity contribution in [3.05, 3.63) is 64.0 Å². The molecule has 0 aromatic heterocycles. The topological polar surface area (TPSA) is 145 Å². The second kappa shape index (κ2) is 11.2. The summed E-state index contributed by atoms with van der Waals surface area (Å²) in [6, 6.07) is 8.81. The van der Waals surface area contributed by atoms with E-state index in [-0.39, 0.29) is 29.9 Å². The largest absolute Gasteiger partial charge is 0.452 e. The number of rotatable bonds is 9. The highest BCUT2D eigenvalue weighted by Crippen LogP contribution is 2.27. The number of nitrogens with two attached hydrogens (primary N) is 1. The fourth-order valence-electron chi connectivity index (χ4n) is 3.40. The Morgan fingerprint density at radius 2 is 1.82 bits per heavy atom. The summed E-state index contributed by atoms with van der Waals surface area (Å²) in [5, 5.41) is 11.2. The number of benzene rings is 2. The number of hydrogen-bond donors (Lipinski definition) is 1. The molecule has 1 aliphatic rings. The zero-order valence-electron chi connectivity index (χ0n) is 18.1. The second-order valence-electron chi connectivity index (χ2n) is 7.37. The number of carbonyl (C=O) groups is 3. The highest BCUT2D eigenvalue weighted by molar-refractivity contribution is 6.00. The van der Waals surface area contributed by atoms with E-state index in [4.69, 9.17) is 15.2 Å². The molecule has 1 aliphatic heterocycles. The van der Waals surface area contributed by atoms with E-state index in [9.17, 15) is 28.9 Å². The van der Waals surface area contributed by atoms with Crippen LogP contribution in [-0.4, -0.2) is 62.2 Å². The number of non-ortho nitro benzene ring substituents is 1. The normalized spacial score (nSPS) is 13.3. The van der Waals surface area contributed by atoms with Gasteiger partial charge >= 0.3 is 5.97 Å². The van der Waals surface area contributed by atoms with Crippen LogP contribution in [-0.2, 0) is 19.1 Å². The van der Waals surface area contributed by atoms with E-state index in [1.54, 1.807) is 0 Å². The fourth-order valence-corrected chi connectivity index (χ4v) is 3.40. The first-order valence-electron chi connectivity index (χ1n) is 10.4. The van der Waals surface area contributed by atoms with E-state index in [1.807, 2.05) is 4.90 Å². The molecule has 12 heteroatoms. The molecule has 2 amide bonds. The maximum absolute atomic E-state index is 13.3. The predicted molar refractivity (Wildman–Crippen MR) is 119 cm³/mol. The molecule has 0 radical (unpaired) electrons. The maximum atomic E-state index is 13.3. The van der Waals surface area contributed by atoms with Crippen LogP contribution in [0.4, 0.5) is 21.5 Å². The summed E-state index contributed by atoms with van der Waals surface area (Å²) in [4.78, 5) is 50.4. The molecule has 0 spiro atoms. The average molecular weight is 474 g/mol. The molecule has 2 aromatic carbocycles. The van der Waals surface area contributed by atoms with Gasteiger partial charge in [0.1, 0.15) is 5.82 Å². The van der Waals surface area contributed by atoms with E-state index >= 15 is 0 Å². The Kier molecular flexibility index (Phi) is 8.09. The summed E-state index contributed by atoms with van der Waals surface area (Å²) >= 11 is 0. The van der Waals surface area contributed by atoms with Gasteiger partial charge in [-0.2, -0.15) is 0 Å². The smallest absolute Gasteiger partial charge is 0.341 e. The van der Waals surface area contributed by atoms with Crippen molar-refractivity contribution in [3.63, 3.8) is 0 Å². The Morgan fingerprint density at radius 1 is 1.15 bits per heavy atom. The van der Waals surface area contributed by atoms with Crippen LogP contribution in [0.25, 0.3) is 0 Å². The summed E-state index contributed by atoms with van der Waals surface area (Å²) in [5.74, 6) is -2.77. The molecule has 11 nitrogen and oxygen atoms in total. The van der Waals surface area contributed by atoms with Crippen LogP contribution in [0.5, 0.6) is 0 Å². The van der Waals surface area contributed by atoms with Gasteiger partial charge in [-0.25, -0.2) is 9.18 Å². The van der Waals surface area contributed by atoms with Gasteiger partial charge in [-0.05, 0) is 30.3 Å². The van der Waals surface area contributed by atoms with Gasteiger partial charge in [0.2, 0.25) is 5.91 Å². The Balaban J connectivity index is 1.78. The lowest BCUT2D eigenvalue weighted by Gasteiger charge is -2.30. The van der Waals surface area contributed by atoms with Crippen molar-refractivity contribution in [1.29, 1.82) is 0 Å². The molecule has 2 N–H and O–H groups in total. The Bertz CT molecular complexity index is 1070. The Labute approximate surface area is 194 Å². The number of anilines is 2. The number of nitro groups is 1. The van der Waals surface area contributed by atoms with E-state index in [0.29, 0.717) is 32.0 Å². The van der Waals surface area contributed by atoms with Crippen LogP contribution in [0.3, 0.4) is 0 Å². The summed E-state index contributed by atoms with van der Waals surface area (Å²) < 4.78 is 23.8. The standard InChI is InChI=1S/C22H23FN4O7/c23-15-1-3-16(4-2-15)26(8-7-20(24)28)21(29)14-34-22(30)18-13-17(27(31)32)5-6-19(18)25-9-11-33-12-10-25/h1-6,13H,7-12,14H2,(H2,24,28). The maximum Gasteiger partial charge on any atom is 0.341 e. The predicted octanol–water partition coefficient (Wildman–Crippen LogP) is 1.64. The lowest BCUT2D eigenvalue weighted by Crippen LogP contribution is -2.38. The zero-order valence-corrected chi connectivity index (χ0v) is 18.1. The number of esters is 1. The highest BCUT2D eigenvalue weighted by atomic mass is 19.1. The number of carbonyl (C=O) groups excluding carboxylic acids is 3. The van der Waals surface area contributed by atoms with Crippen molar-refractivity contribution in [3.8, 4) is 0 Å². The van der Waals surface area contributed by atoms with Crippen LogP contribution < -0.4 is 15.5 Å². The number of ether oxygens (including phenoxy) is 2. The molecule has 3 rings (SSSR count). The molecule has 0 unspecified atom stereocenters. The molecule has 0 atom stereocenters. The van der Waals surface area contributed by atoms with Gasteiger partial charge in [-0.15, -0.1) is 0 Å². The van der Waals surface area contributed by atoms with Crippen molar-refractivity contribution in [2.24, 2.45) is 5.73 Å². The van der Waals surface area contributed by atoms with Gasteiger partial charge < -0.3 is 25.0 Å². The third-order valence-electron chi connectivity index (χ3n) is 5.11. The average Bonchev–Trinajstić information content (AvgIpc) is 2.83. The number of amides is 2. The number of nitrogens with zero attached hydrogens (tertiary/aromatic N) is 3. The quantitative estimate of drug-likeness (QED) is 0.328. The van der Waals surface area contributed by atoms with E-state index in [1.165, 1.54) is 24.3 Å². The third-order valence-corrected chi connectivity index (χ3v) is 5.11. The van der Waals surface area contributed by atoms with Gasteiger partial charge in [0.25, 0.3) is 11.6 Å². The minimum Gasteiger partial charge on any atom is -0.452 e. The van der Waals surface area contributed by atoms with Crippen molar-refractivity contribution < 1.29 is 33.2 Å². The fraction of sp³-hybridized carbons (Fsp3) is 0.318. The molecular weight excluding hydrogens is 451 g/mol. The molecule has 180 valence electrons. The van der Waals surface area contributed by atoms with E-state index in [0.717, 1.165) is 23.1 Å². The van der Waals surface area contributed by atoms with Crippen LogP contribution in [0.2, 0.25) is 0 Å². The number of hydrogen-bond acceptors (Lipinski definition) is 8. The molecule has 2 aromatic rings. The highest BCUT2D eigenvalue weighted by Gasteiger charge is 2.25. The molecule has 34 heavy (non-hydrogen) atoms. The minimum atomic E-state index is -0.924. The van der Waals surface area contributed by atoms with Crippen molar-refractivity contribution >= 4 is 34.8 Å². The van der Waals surface area contributed by atoms with Gasteiger partial charge in [-0.1, -0.05) is 0 Å². The van der Waals surface area contributed by atoms with Crippen LogP contribution in [0.1, 0.15) is 16.8 Å². The Hall–Kier alpha value is -4.06. The molecule has 0 aliphatic carbocycles. The SMILES string of the molecule is NC(=O)CCN(C(=O)COC(=O)c1cc([N+](=O)[O-])ccc1N1CCOCC1)c1ccc(F)cc1. The third kappa shape index (κ3) is 6.25. The van der Waals surface area contributed by atoms with E-state index in [2.05, 4.69) is 0 Å². The summed E-state index contributed by atoms with van der Waals surface area (Å²) in [6.45, 7) is 0.991.